The number of nitrogens with one attached hydrogen (secondary N) is 2. The molecule has 2 aliphatic rings. The first-order chi connectivity index (χ1) is 22.0. The first kappa shape index (κ1) is 30.9. The van der Waals surface area contributed by atoms with E-state index in [1.807, 2.05) is 0 Å². The largest absolute Gasteiger partial charge is 0.463 e. The average Bonchev–Trinajstić information content (AvgIpc) is 3.35. The van der Waals surface area contributed by atoms with Crippen molar-refractivity contribution in [2.45, 2.75) is 58.2 Å². The van der Waals surface area contributed by atoms with E-state index in [2.05, 4.69) is 41.4 Å². The fourth-order valence-corrected chi connectivity index (χ4v) is 5.88. The molecule has 238 valence electrons. The standard InChI is InChI=1S/C33H34FN7O5/c1-6-18-9-8-10-23-26(18)21(13-24(37-23)38-32(43)46-33(3,4)5)28-27(34)29-22(14-35-28)30(41-15-19-11-12-20(16-41)36-19)40-31(39-29)45-17-25(42)44-7-2/h1,8-10,13-14,19-20,36H,7,11-12,15-17H2,2-5H3,(H,37,38,43). The third-order valence-corrected chi connectivity index (χ3v) is 7.66. The molecule has 2 saturated heterocycles. The lowest BCUT2D eigenvalue weighted by Gasteiger charge is -2.34. The van der Waals surface area contributed by atoms with Crippen LogP contribution in [0.2, 0.25) is 0 Å². The number of piperazine rings is 1. The maximum Gasteiger partial charge on any atom is 0.413 e. The number of rotatable bonds is 7. The van der Waals surface area contributed by atoms with Crippen LogP contribution in [0.3, 0.4) is 0 Å². The number of aromatic nitrogens is 4. The Hall–Kier alpha value is -5.09. The van der Waals surface area contributed by atoms with Crippen LogP contribution in [-0.4, -0.2) is 76.0 Å². The van der Waals surface area contributed by atoms with Crippen LogP contribution in [0.15, 0.2) is 30.5 Å². The molecule has 1 amide bonds. The van der Waals surface area contributed by atoms with Crippen LogP contribution in [0, 0.1) is 18.2 Å². The Morgan fingerprint density at radius 2 is 1.93 bits per heavy atom. The molecule has 2 aliphatic heterocycles. The zero-order valence-corrected chi connectivity index (χ0v) is 26.0. The zero-order valence-electron chi connectivity index (χ0n) is 26.0. The molecule has 5 heterocycles. The van der Waals surface area contributed by atoms with Crippen LogP contribution in [0.4, 0.5) is 20.8 Å². The SMILES string of the molecule is C#Cc1cccc2nc(NC(=O)OC(C)(C)C)cc(-c3ncc4c(N5CC6CCC(C5)N6)nc(OCC(=O)OCC)nc4c3F)c12. The van der Waals surface area contributed by atoms with Crippen molar-refractivity contribution in [2.75, 3.05) is 36.5 Å². The summed E-state index contributed by atoms with van der Waals surface area (Å²) >= 11 is 0. The molecule has 2 fully saturated rings. The monoisotopic (exact) mass is 627 g/mol. The van der Waals surface area contributed by atoms with Gasteiger partial charge in [-0.05, 0) is 58.7 Å². The van der Waals surface area contributed by atoms with Gasteiger partial charge in [0.05, 0.1) is 17.5 Å². The number of carbonyl (C=O) groups is 2. The van der Waals surface area contributed by atoms with Crippen LogP contribution >= 0.6 is 0 Å². The number of anilines is 2. The minimum Gasteiger partial charge on any atom is -0.463 e. The molecule has 2 unspecified atom stereocenters. The van der Waals surface area contributed by atoms with E-state index < -0.39 is 30.1 Å². The van der Waals surface area contributed by atoms with Gasteiger partial charge >= 0.3 is 18.1 Å². The fourth-order valence-electron chi connectivity index (χ4n) is 5.88. The van der Waals surface area contributed by atoms with Gasteiger partial charge in [0.2, 0.25) is 0 Å². The molecule has 2 bridgehead atoms. The van der Waals surface area contributed by atoms with E-state index in [0.717, 1.165) is 12.8 Å². The van der Waals surface area contributed by atoms with Gasteiger partial charge in [0.1, 0.15) is 28.4 Å². The Kier molecular flexibility index (Phi) is 8.31. The summed E-state index contributed by atoms with van der Waals surface area (Å²) in [7, 11) is 0. The van der Waals surface area contributed by atoms with Crippen molar-refractivity contribution in [3.63, 3.8) is 0 Å². The summed E-state index contributed by atoms with van der Waals surface area (Å²) in [6.07, 6.45) is 8.69. The minimum absolute atomic E-state index is 0.0514. The maximum atomic E-state index is 16.8. The highest BCUT2D eigenvalue weighted by Gasteiger charge is 2.34. The molecule has 1 aromatic carbocycles. The van der Waals surface area contributed by atoms with E-state index in [1.165, 1.54) is 12.3 Å². The molecule has 0 spiro atoms. The van der Waals surface area contributed by atoms with Crippen LogP contribution in [0.25, 0.3) is 33.1 Å². The van der Waals surface area contributed by atoms with Gasteiger partial charge in [-0.15, -0.1) is 6.42 Å². The number of hydrogen-bond acceptors (Lipinski definition) is 11. The Morgan fingerprint density at radius 3 is 2.63 bits per heavy atom. The first-order valence-electron chi connectivity index (χ1n) is 15.1. The van der Waals surface area contributed by atoms with Crippen LogP contribution in [0.5, 0.6) is 6.01 Å². The number of amides is 1. The van der Waals surface area contributed by atoms with Crippen molar-refractivity contribution in [3.8, 4) is 29.6 Å². The van der Waals surface area contributed by atoms with E-state index >= 15 is 4.39 Å². The Labute approximate surface area is 265 Å². The normalized spacial score (nSPS) is 17.5. The third kappa shape index (κ3) is 6.34. The van der Waals surface area contributed by atoms with Gasteiger partial charge in [-0.25, -0.2) is 19.0 Å². The maximum absolute atomic E-state index is 16.8. The molecule has 0 saturated carbocycles. The van der Waals surface area contributed by atoms with Crippen LogP contribution in [0.1, 0.15) is 46.1 Å². The second-order valence-corrected chi connectivity index (χ2v) is 12.2. The summed E-state index contributed by atoms with van der Waals surface area (Å²) in [5, 5.41) is 7.06. The van der Waals surface area contributed by atoms with E-state index in [1.54, 1.807) is 45.9 Å². The van der Waals surface area contributed by atoms with Gasteiger partial charge in [0.15, 0.2) is 12.4 Å². The lowest BCUT2D eigenvalue weighted by molar-refractivity contribution is -0.145. The summed E-state index contributed by atoms with van der Waals surface area (Å²) in [6, 6.07) is 7.01. The second-order valence-electron chi connectivity index (χ2n) is 12.2. The van der Waals surface area contributed by atoms with E-state index in [-0.39, 0.29) is 41.7 Å². The minimum atomic E-state index is -0.761. The fraction of sp³-hybridized carbons (Fsp3) is 0.394. The van der Waals surface area contributed by atoms with Crippen LogP contribution in [-0.2, 0) is 14.3 Å². The molecule has 46 heavy (non-hydrogen) atoms. The first-order valence-corrected chi connectivity index (χ1v) is 15.1. The number of hydrogen-bond donors (Lipinski definition) is 2. The molecule has 4 aromatic rings. The molecule has 6 rings (SSSR count). The van der Waals surface area contributed by atoms with Crippen molar-refractivity contribution in [1.29, 1.82) is 0 Å². The lowest BCUT2D eigenvalue weighted by atomic mass is 9.99. The number of fused-ring (bicyclic) bond motifs is 4. The molecule has 12 nitrogen and oxygen atoms in total. The Morgan fingerprint density at radius 1 is 1.17 bits per heavy atom. The van der Waals surface area contributed by atoms with Crippen molar-refractivity contribution >= 4 is 45.5 Å². The molecule has 3 aromatic heterocycles. The quantitative estimate of drug-likeness (QED) is 0.220. The smallest absolute Gasteiger partial charge is 0.413 e. The summed E-state index contributed by atoms with van der Waals surface area (Å²) in [6.45, 7) is 7.97. The predicted octanol–water partition coefficient (Wildman–Crippen LogP) is 4.59. The molecular weight excluding hydrogens is 593 g/mol. The number of halogens is 1. The number of esters is 1. The van der Waals surface area contributed by atoms with Crippen molar-refractivity contribution in [2.24, 2.45) is 0 Å². The van der Waals surface area contributed by atoms with Gasteiger partial charge < -0.3 is 24.4 Å². The highest BCUT2D eigenvalue weighted by molar-refractivity contribution is 6.02. The Balaban J connectivity index is 1.50. The average molecular weight is 628 g/mol. The second kappa shape index (κ2) is 12.4. The number of benzene rings is 1. The zero-order chi connectivity index (χ0) is 32.6. The van der Waals surface area contributed by atoms with Crippen molar-refractivity contribution < 1.29 is 28.2 Å². The Bertz CT molecular complexity index is 1880. The molecular formula is C33H34FN7O5. The van der Waals surface area contributed by atoms with Gasteiger partial charge in [-0.2, -0.15) is 9.97 Å². The summed E-state index contributed by atoms with van der Waals surface area (Å²) in [5.41, 5.74) is 0.293. The van der Waals surface area contributed by atoms with Crippen molar-refractivity contribution in [1.82, 2.24) is 25.3 Å². The summed E-state index contributed by atoms with van der Waals surface area (Å²) in [5.74, 6) is 1.85. The van der Waals surface area contributed by atoms with Gasteiger partial charge in [-0.1, -0.05) is 12.0 Å². The number of pyridine rings is 2. The highest BCUT2D eigenvalue weighted by Crippen LogP contribution is 2.37. The molecule has 2 N–H and O–H groups in total. The lowest BCUT2D eigenvalue weighted by Crippen LogP contribution is -2.51. The number of terminal acetylenes is 1. The van der Waals surface area contributed by atoms with E-state index in [9.17, 15) is 9.59 Å². The molecule has 13 heteroatoms. The van der Waals surface area contributed by atoms with E-state index in [0.29, 0.717) is 46.3 Å². The van der Waals surface area contributed by atoms with E-state index in [4.69, 9.17) is 20.6 Å². The van der Waals surface area contributed by atoms with Gasteiger partial charge in [-0.3, -0.25) is 10.3 Å². The summed E-state index contributed by atoms with van der Waals surface area (Å²) in [4.78, 5) is 44.9. The molecule has 0 radical (unpaired) electrons. The number of nitrogens with zero attached hydrogens (tertiary/aromatic N) is 5. The molecule has 2 atom stereocenters. The van der Waals surface area contributed by atoms with Crippen molar-refractivity contribution in [3.05, 3.63) is 41.8 Å². The third-order valence-electron chi connectivity index (χ3n) is 7.66. The topological polar surface area (TPSA) is 141 Å². The van der Waals surface area contributed by atoms with Crippen LogP contribution < -0.4 is 20.3 Å². The predicted molar refractivity (Wildman–Crippen MR) is 170 cm³/mol. The number of ether oxygens (including phenoxy) is 3. The van der Waals surface area contributed by atoms with Gasteiger partial charge in [0.25, 0.3) is 0 Å². The van der Waals surface area contributed by atoms with Gasteiger partial charge in [0, 0.05) is 47.9 Å². The highest BCUT2D eigenvalue weighted by atomic mass is 19.1. The number of carbonyl (C=O) groups excluding carboxylic acids is 2. The molecule has 0 aliphatic carbocycles. The summed E-state index contributed by atoms with van der Waals surface area (Å²) < 4.78 is 32.8.